The molecular formula is C25H29N5O. The molecule has 3 N–H and O–H groups in total. The standard InChI is InChI=1S/C25H29N5O/c26-12-9-18-4-6-19(7-5-18)16-30-14-2-10-25(17-30)11-8-21-22(25)28-23(29-24(21)31)20-3-1-13-27-15-20/h1,3-7,13,15H,2,8-12,14,16-17,26H2,(H,28,29,31). The average Bonchev–Trinajstić information content (AvgIpc) is 3.14. The number of nitrogens with one attached hydrogen (secondary N) is 1. The van der Waals surface area contributed by atoms with Gasteiger partial charge in [0.25, 0.3) is 5.56 Å². The third kappa shape index (κ3) is 3.93. The summed E-state index contributed by atoms with van der Waals surface area (Å²) in [6.07, 6.45) is 8.44. The molecule has 0 saturated carbocycles. The van der Waals surface area contributed by atoms with Crippen LogP contribution in [0, 0.1) is 0 Å². The summed E-state index contributed by atoms with van der Waals surface area (Å²) in [4.78, 5) is 27.6. The van der Waals surface area contributed by atoms with Crippen molar-refractivity contribution in [3.63, 3.8) is 0 Å². The van der Waals surface area contributed by atoms with Crippen molar-refractivity contribution in [1.29, 1.82) is 0 Å². The van der Waals surface area contributed by atoms with E-state index in [0.29, 0.717) is 12.4 Å². The molecule has 1 aliphatic heterocycles. The molecule has 3 aromatic rings. The molecule has 0 amide bonds. The largest absolute Gasteiger partial charge is 0.330 e. The fourth-order valence-corrected chi connectivity index (χ4v) is 5.29. The Morgan fingerprint density at radius 2 is 1.97 bits per heavy atom. The summed E-state index contributed by atoms with van der Waals surface area (Å²) in [6, 6.07) is 12.6. The lowest BCUT2D eigenvalue weighted by atomic mass is 9.77. The summed E-state index contributed by atoms with van der Waals surface area (Å²) >= 11 is 0. The van der Waals surface area contributed by atoms with Gasteiger partial charge in [-0.3, -0.25) is 14.7 Å². The molecule has 5 rings (SSSR count). The number of pyridine rings is 1. The van der Waals surface area contributed by atoms with Crippen LogP contribution in [0.1, 0.15) is 41.6 Å². The van der Waals surface area contributed by atoms with Crippen LogP contribution in [0.4, 0.5) is 0 Å². The summed E-state index contributed by atoms with van der Waals surface area (Å²) in [7, 11) is 0. The molecule has 1 unspecified atom stereocenters. The van der Waals surface area contributed by atoms with Crippen molar-refractivity contribution >= 4 is 0 Å². The minimum atomic E-state index is -0.0295. The summed E-state index contributed by atoms with van der Waals surface area (Å²) < 4.78 is 0. The fraction of sp³-hybridized carbons (Fsp3) is 0.400. The first-order chi connectivity index (χ1) is 15.2. The number of piperidine rings is 1. The topological polar surface area (TPSA) is 87.9 Å². The van der Waals surface area contributed by atoms with E-state index in [1.165, 1.54) is 11.1 Å². The Hall–Kier alpha value is -2.83. The Balaban J connectivity index is 1.41. The van der Waals surface area contributed by atoms with E-state index in [4.69, 9.17) is 10.7 Å². The second kappa shape index (κ2) is 8.36. The maximum atomic E-state index is 12.9. The fourth-order valence-electron chi connectivity index (χ4n) is 5.29. The molecular weight excluding hydrogens is 386 g/mol. The highest BCUT2D eigenvalue weighted by molar-refractivity contribution is 5.54. The van der Waals surface area contributed by atoms with Crippen LogP contribution in [0.5, 0.6) is 0 Å². The molecule has 0 radical (unpaired) electrons. The van der Waals surface area contributed by atoms with Crippen molar-refractivity contribution in [2.75, 3.05) is 19.6 Å². The van der Waals surface area contributed by atoms with Gasteiger partial charge in [0.05, 0.1) is 5.69 Å². The van der Waals surface area contributed by atoms with Gasteiger partial charge in [0, 0.05) is 42.0 Å². The molecule has 2 aliphatic rings. The van der Waals surface area contributed by atoms with Crippen LogP contribution in [0.2, 0.25) is 0 Å². The van der Waals surface area contributed by atoms with E-state index in [-0.39, 0.29) is 11.0 Å². The van der Waals surface area contributed by atoms with Gasteiger partial charge in [-0.2, -0.15) is 0 Å². The molecule has 1 spiro atoms. The number of aromatic nitrogens is 3. The van der Waals surface area contributed by atoms with E-state index < -0.39 is 0 Å². The summed E-state index contributed by atoms with van der Waals surface area (Å²) in [5, 5.41) is 0. The molecule has 1 aromatic carbocycles. The Morgan fingerprint density at radius 1 is 1.13 bits per heavy atom. The summed E-state index contributed by atoms with van der Waals surface area (Å²) in [5.74, 6) is 0.630. The summed E-state index contributed by atoms with van der Waals surface area (Å²) in [6.45, 7) is 3.65. The van der Waals surface area contributed by atoms with Gasteiger partial charge in [-0.25, -0.2) is 4.98 Å². The van der Waals surface area contributed by atoms with Gasteiger partial charge >= 0.3 is 0 Å². The van der Waals surface area contributed by atoms with Crippen LogP contribution < -0.4 is 11.3 Å². The normalized spacial score (nSPS) is 20.8. The lowest BCUT2D eigenvalue weighted by molar-refractivity contribution is 0.137. The van der Waals surface area contributed by atoms with E-state index in [2.05, 4.69) is 39.1 Å². The molecule has 1 fully saturated rings. The highest BCUT2D eigenvalue weighted by Gasteiger charge is 2.44. The number of rotatable bonds is 5. The van der Waals surface area contributed by atoms with E-state index >= 15 is 0 Å². The number of likely N-dealkylation sites (tertiary alicyclic amines) is 1. The Kier molecular flexibility index (Phi) is 5.42. The lowest BCUT2D eigenvalue weighted by Gasteiger charge is -2.40. The minimum absolute atomic E-state index is 0.00773. The van der Waals surface area contributed by atoms with Crippen LogP contribution in [-0.4, -0.2) is 39.5 Å². The predicted octanol–water partition coefficient (Wildman–Crippen LogP) is 2.81. The summed E-state index contributed by atoms with van der Waals surface area (Å²) in [5.41, 5.74) is 11.0. The number of hydrogen-bond donors (Lipinski definition) is 2. The van der Waals surface area contributed by atoms with Crippen molar-refractivity contribution in [1.82, 2.24) is 19.9 Å². The number of nitrogens with two attached hydrogens (primary N) is 1. The van der Waals surface area contributed by atoms with Gasteiger partial charge in [-0.1, -0.05) is 24.3 Å². The highest BCUT2D eigenvalue weighted by atomic mass is 16.1. The lowest BCUT2D eigenvalue weighted by Crippen LogP contribution is -2.45. The molecule has 1 saturated heterocycles. The second-order valence-electron chi connectivity index (χ2n) is 8.93. The zero-order valence-corrected chi connectivity index (χ0v) is 17.8. The van der Waals surface area contributed by atoms with Crippen molar-refractivity contribution in [3.8, 4) is 11.4 Å². The molecule has 1 aliphatic carbocycles. The molecule has 6 heteroatoms. The van der Waals surface area contributed by atoms with Gasteiger partial charge < -0.3 is 10.7 Å². The van der Waals surface area contributed by atoms with Crippen LogP contribution in [0.3, 0.4) is 0 Å². The monoisotopic (exact) mass is 415 g/mol. The number of H-pyrrole nitrogens is 1. The Morgan fingerprint density at radius 3 is 2.74 bits per heavy atom. The van der Waals surface area contributed by atoms with Crippen LogP contribution in [0.25, 0.3) is 11.4 Å². The number of benzene rings is 1. The van der Waals surface area contributed by atoms with Crippen molar-refractivity contribution in [2.24, 2.45) is 5.73 Å². The van der Waals surface area contributed by atoms with Crippen molar-refractivity contribution in [3.05, 3.63) is 81.5 Å². The van der Waals surface area contributed by atoms with E-state index in [1.807, 2.05) is 12.1 Å². The zero-order chi connectivity index (χ0) is 21.3. The Labute approximate surface area is 182 Å². The molecule has 0 bridgehead atoms. The smallest absolute Gasteiger partial charge is 0.254 e. The van der Waals surface area contributed by atoms with Crippen LogP contribution in [0.15, 0.2) is 53.6 Å². The Bertz CT molecular complexity index is 1110. The van der Waals surface area contributed by atoms with Crippen molar-refractivity contribution < 1.29 is 0 Å². The van der Waals surface area contributed by atoms with Gasteiger partial charge in [0.15, 0.2) is 0 Å². The molecule has 3 heterocycles. The molecule has 31 heavy (non-hydrogen) atoms. The first-order valence-electron chi connectivity index (χ1n) is 11.2. The number of nitrogens with zero attached hydrogens (tertiary/aromatic N) is 3. The van der Waals surface area contributed by atoms with Gasteiger partial charge in [0.2, 0.25) is 0 Å². The highest BCUT2D eigenvalue weighted by Crippen LogP contribution is 2.43. The first-order valence-corrected chi connectivity index (χ1v) is 11.2. The van der Waals surface area contributed by atoms with Gasteiger partial charge in [-0.05, 0) is 68.5 Å². The minimum Gasteiger partial charge on any atom is -0.330 e. The number of fused-ring (bicyclic) bond motifs is 2. The maximum Gasteiger partial charge on any atom is 0.254 e. The third-order valence-corrected chi connectivity index (χ3v) is 6.82. The van der Waals surface area contributed by atoms with E-state index in [0.717, 1.165) is 68.6 Å². The van der Waals surface area contributed by atoms with Gasteiger partial charge in [-0.15, -0.1) is 0 Å². The van der Waals surface area contributed by atoms with E-state index in [1.54, 1.807) is 12.4 Å². The predicted molar refractivity (Wildman–Crippen MR) is 122 cm³/mol. The van der Waals surface area contributed by atoms with E-state index in [9.17, 15) is 4.79 Å². The van der Waals surface area contributed by atoms with Crippen LogP contribution in [-0.2, 0) is 24.8 Å². The molecule has 6 nitrogen and oxygen atoms in total. The van der Waals surface area contributed by atoms with Crippen LogP contribution >= 0.6 is 0 Å². The SMILES string of the molecule is NCCc1ccc(CN2CCCC3(CCc4c3nc(-c3cccnc3)[nH]c4=O)C2)cc1. The quantitative estimate of drug-likeness (QED) is 0.669. The second-order valence-corrected chi connectivity index (χ2v) is 8.93. The first kappa shape index (κ1) is 20.1. The molecule has 2 aromatic heterocycles. The zero-order valence-electron chi connectivity index (χ0n) is 17.8. The van der Waals surface area contributed by atoms with Crippen molar-refractivity contribution in [2.45, 2.75) is 44.1 Å². The molecule has 1 atom stereocenters. The van der Waals surface area contributed by atoms with Gasteiger partial charge in [0.1, 0.15) is 5.82 Å². The average molecular weight is 416 g/mol. The molecule has 160 valence electrons. The third-order valence-electron chi connectivity index (χ3n) is 6.82. The number of hydrogen-bond acceptors (Lipinski definition) is 5. The maximum absolute atomic E-state index is 12.9. The number of aromatic amines is 1.